The van der Waals surface area contributed by atoms with Crippen molar-refractivity contribution in [1.82, 2.24) is 0 Å². The number of ether oxygens (including phenoxy) is 1. The summed E-state index contributed by atoms with van der Waals surface area (Å²) >= 11 is 0. The van der Waals surface area contributed by atoms with Gasteiger partial charge in [-0.2, -0.15) is 4.39 Å². The van der Waals surface area contributed by atoms with E-state index in [-0.39, 0.29) is 11.3 Å². The highest BCUT2D eigenvalue weighted by molar-refractivity contribution is 5.71. The molecule has 0 aliphatic rings. The SMILES string of the molecule is CCCc1ccc(-c2ccc(-c3ccc(OCC)c(F)c3F)cc2)cc1. The summed E-state index contributed by atoms with van der Waals surface area (Å²) in [7, 11) is 0. The van der Waals surface area contributed by atoms with Crippen LogP contribution in [0.25, 0.3) is 22.3 Å². The van der Waals surface area contributed by atoms with Gasteiger partial charge in [0.05, 0.1) is 6.61 Å². The molecule has 0 unspecified atom stereocenters. The van der Waals surface area contributed by atoms with E-state index in [1.54, 1.807) is 13.0 Å². The molecule has 134 valence electrons. The van der Waals surface area contributed by atoms with Crippen LogP contribution >= 0.6 is 0 Å². The molecule has 0 bridgehead atoms. The minimum Gasteiger partial charge on any atom is -0.491 e. The topological polar surface area (TPSA) is 9.23 Å². The average Bonchev–Trinajstić information content (AvgIpc) is 2.67. The fraction of sp³-hybridized carbons (Fsp3) is 0.217. The molecule has 0 aliphatic heterocycles. The van der Waals surface area contributed by atoms with Crippen molar-refractivity contribution in [3.8, 4) is 28.0 Å². The van der Waals surface area contributed by atoms with Crippen LogP contribution < -0.4 is 4.74 Å². The maximum absolute atomic E-state index is 14.4. The van der Waals surface area contributed by atoms with Gasteiger partial charge in [-0.3, -0.25) is 0 Å². The Kier molecular flexibility index (Phi) is 5.67. The number of rotatable bonds is 6. The maximum atomic E-state index is 14.4. The molecule has 26 heavy (non-hydrogen) atoms. The van der Waals surface area contributed by atoms with E-state index in [4.69, 9.17) is 4.74 Å². The zero-order valence-electron chi connectivity index (χ0n) is 15.1. The first-order valence-corrected chi connectivity index (χ1v) is 8.94. The summed E-state index contributed by atoms with van der Waals surface area (Å²) < 4.78 is 33.5. The van der Waals surface area contributed by atoms with Gasteiger partial charge in [0, 0.05) is 5.56 Å². The molecule has 3 aromatic rings. The Morgan fingerprint density at radius 1 is 0.692 bits per heavy atom. The molecule has 3 heteroatoms. The van der Waals surface area contributed by atoms with Crippen molar-refractivity contribution < 1.29 is 13.5 Å². The second-order valence-electron chi connectivity index (χ2n) is 6.20. The summed E-state index contributed by atoms with van der Waals surface area (Å²) in [6.07, 6.45) is 2.19. The lowest BCUT2D eigenvalue weighted by Crippen LogP contribution is -1.98. The zero-order valence-corrected chi connectivity index (χ0v) is 15.1. The largest absolute Gasteiger partial charge is 0.491 e. The molecule has 0 saturated carbocycles. The number of halogens is 2. The van der Waals surface area contributed by atoms with E-state index >= 15 is 0 Å². The van der Waals surface area contributed by atoms with Gasteiger partial charge in [0.25, 0.3) is 0 Å². The van der Waals surface area contributed by atoms with Crippen LogP contribution in [-0.2, 0) is 6.42 Å². The zero-order chi connectivity index (χ0) is 18.5. The molecule has 0 amide bonds. The molecule has 0 saturated heterocycles. The Hall–Kier alpha value is -2.68. The molecule has 3 aromatic carbocycles. The van der Waals surface area contributed by atoms with E-state index in [1.807, 2.05) is 24.3 Å². The number of hydrogen-bond acceptors (Lipinski definition) is 1. The standard InChI is InChI=1S/C23H22F2O/c1-3-5-16-6-8-17(9-7-16)18-10-12-19(13-11-18)20-14-15-21(26-4-2)23(25)22(20)24/h6-15H,3-5H2,1-2H3. The van der Waals surface area contributed by atoms with Crippen LogP contribution in [0.3, 0.4) is 0 Å². The lowest BCUT2D eigenvalue weighted by molar-refractivity contribution is 0.314. The van der Waals surface area contributed by atoms with Gasteiger partial charge < -0.3 is 4.74 Å². The molecular formula is C23H22F2O. The minimum atomic E-state index is -0.945. The van der Waals surface area contributed by atoms with Gasteiger partial charge in [0.1, 0.15) is 0 Å². The summed E-state index contributed by atoms with van der Waals surface area (Å²) in [6.45, 7) is 4.19. The second-order valence-corrected chi connectivity index (χ2v) is 6.20. The van der Waals surface area contributed by atoms with Crippen molar-refractivity contribution in [1.29, 1.82) is 0 Å². The highest BCUT2D eigenvalue weighted by Crippen LogP contribution is 2.31. The first-order chi connectivity index (χ1) is 12.6. The second kappa shape index (κ2) is 8.13. The first kappa shape index (κ1) is 18.1. The van der Waals surface area contributed by atoms with E-state index in [0.717, 1.165) is 24.0 Å². The molecule has 3 rings (SSSR count). The van der Waals surface area contributed by atoms with Gasteiger partial charge in [-0.25, -0.2) is 4.39 Å². The van der Waals surface area contributed by atoms with E-state index < -0.39 is 11.6 Å². The summed E-state index contributed by atoms with van der Waals surface area (Å²) in [5.74, 6) is -1.88. The highest BCUT2D eigenvalue weighted by atomic mass is 19.2. The van der Waals surface area contributed by atoms with Crippen LogP contribution in [0.15, 0.2) is 60.7 Å². The minimum absolute atomic E-state index is 0.0578. The van der Waals surface area contributed by atoms with Gasteiger partial charge in [0.15, 0.2) is 11.6 Å². The summed E-state index contributed by atoms with van der Waals surface area (Å²) in [4.78, 5) is 0. The lowest BCUT2D eigenvalue weighted by Gasteiger charge is -2.10. The fourth-order valence-corrected chi connectivity index (χ4v) is 3.02. The number of benzene rings is 3. The Morgan fingerprint density at radius 3 is 1.85 bits per heavy atom. The van der Waals surface area contributed by atoms with Crippen LogP contribution in [0.4, 0.5) is 8.78 Å². The molecule has 0 radical (unpaired) electrons. The highest BCUT2D eigenvalue weighted by Gasteiger charge is 2.15. The van der Waals surface area contributed by atoms with E-state index in [9.17, 15) is 8.78 Å². The number of hydrogen-bond donors (Lipinski definition) is 0. The molecular weight excluding hydrogens is 330 g/mol. The van der Waals surface area contributed by atoms with Crippen LogP contribution in [-0.4, -0.2) is 6.61 Å². The predicted molar refractivity (Wildman–Crippen MR) is 102 cm³/mol. The van der Waals surface area contributed by atoms with Crippen molar-refractivity contribution in [3.63, 3.8) is 0 Å². The van der Waals surface area contributed by atoms with Gasteiger partial charge in [-0.15, -0.1) is 0 Å². The van der Waals surface area contributed by atoms with Gasteiger partial charge in [-0.05, 0) is 47.7 Å². The maximum Gasteiger partial charge on any atom is 0.201 e. The summed E-state index contributed by atoms with van der Waals surface area (Å²) in [6, 6.07) is 19.0. The Labute approximate surface area is 153 Å². The summed E-state index contributed by atoms with van der Waals surface area (Å²) in [5.41, 5.74) is 4.34. The molecule has 0 atom stereocenters. The smallest absolute Gasteiger partial charge is 0.201 e. The molecule has 0 aromatic heterocycles. The van der Waals surface area contributed by atoms with Crippen LogP contribution in [0.5, 0.6) is 5.75 Å². The Bertz CT molecular complexity index is 868. The van der Waals surface area contributed by atoms with Crippen molar-refractivity contribution in [2.24, 2.45) is 0 Å². The molecule has 0 heterocycles. The van der Waals surface area contributed by atoms with Crippen molar-refractivity contribution in [2.45, 2.75) is 26.7 Å². The quantitative estimate of drug-likeness (QED) is 0.482. The average molecular weight is 352 g/mol. The van der Waals surface area contributed by atoms with Crippen molar-refractivity contribution >= 4 is 0 Å². The third-order valence-electron chi connectivity index (χ3n) is 4.37. The van der Waals surface area contributed by atoms with Gasteiger partial charge in [-0.1, -0.05) is 61.9 Å². The van der Waals surface area contributed by atoms with E-state index in [2.05, 4.69) is 31.2 Å². The molecule has 0 spiro atoms. The molecule has 0 N–H and O–H groups in total. The first-order valence-electron chi connectivity index (χ1n) is 8.94. The monoisotopic (exact) mass is 352 g/mol. The predicted octanol–water partition coefficient (Wildman–Crippen LogP) is 6.65. The molecule has 1 nitrogen and oxygen atoms in total. The Morgan fingerprint density at radius 2 is 1.27 bits per heavy atom. The third-order valence-corrected chi connectivity index (χ3v) is 4.37. The fourth-order valence-electron chi connectivity index (χ4n) is 3.02. The number of aryl methyl sites for hydroxylation is 1. The molecule has 0 aliphatic carbocycles. The Balaban J connectivity index is 1.87. The van der Waals surface area contributed by atoms with E-state index in [0.29, 0.717) is 12.2 Å². The van der Waals surface area contributed by atoms with Crippen LogP contribution in [0.2, 0.25) is 0 Å². The van der Waals surface area contributed by atoms with Crippen LogP contribution in [0.1, 0.15) is 25.8 Å². The van der Waals surface area contributed by atoms with Gasteiger partial charge >= 0.3 is 0 Å². The lowest BCUT2D eigenvalue weighted by atomic mass is 9.98. The summed E-state index contributed by atoms with van der Waals surface area (Å²) in [5, 5.41) is 0. The van der Waals surface area contributed by atoms with Crippen molar-refractivity contribution in [2.75, 3.05) is 6.61 Å². The van der Waals surface area contributed by atoms with Crippen molar-refractivity contribution in [3.05, 3.63) is 77.9 Å². The van der Waals surface area contributed by atoms with Crippen LogP contribution in [0, 0.1) is 11.6 Å². The van der Waals surface area contributed by atoms with Gasteiger partial charge in [0.2, 0.25) is 5.82 Å². The van der Waals surface area contributed by atoms with E-state index in [1.165, 1.54) is 11.6 Å². The normalized spacial score (nSPS) is 10.8. The third kappa shape index (κ3) is 3.77. The molecule has 0 fully saturated rings.